The second kappa shape index (κ2) is 8.86. The molecule has 30 heavy (non-hydrogen) atoms. The van der Waals surface area contributed by atoms with Crippen LogP contribution in [-0.4, -0.2) is 31.3 Å². The highest BCUT2D eigenvalue weighted by atomic mass is 32.2. The summed E-state index contributed by atoms with van der Waals surface area (Å²) in [6, 6.07) is 12.0. The average Bonchev–Trinajstić information content (AvgIpc) is 2.64. The number of ether oxygens (including phenoxy) is 1. The van der Waals surface area contributed by atoms with E-state index in [1.807, 2.05) is 0 Å². The zero-order chi connectivity index (χ0) is 21.7. The van der Waals surface area contributed by atoms with E-state index in [-0.39, 0.29) is 28.9 Å². The highest BCUT2D eigenvalue weighted by Crippen LogP contribution is 2.27. The molecule has 3 aromatic rings. The van der Waals surface area contributed by atoms with Gasteiger partial charge in [0.2, 0.25) is 16.0 Å². The summed E-state index contributed by atoms with van der Waals surface area (Å²) in [6.45, 7) is -2.97. The molecule has 0 aliphatic heterocycles. The lowest BCUT2D eigenvalue weighted by Crippen LogP contribution is -2.11. The number of aromatic nitrogens is 2. The van der Waals surface area contributed by atoms with E-state index < -0.39 is 22.5 Å². The Kier molecular flexibility index (Phi) is 6.26. The van der Waals surface area contributed by atoms with E-state index in [2.05, 4.69) is 30.1 Å². The number of hydrogen-bond donors (Lipinski definition) is 3. The number of halogens is 3. The van der Waals surface area contributed by atoms with Crippen LogP contribution in [0.25, 0.3) is 0 Å². The smallest absolute Gasteiger partial charge is 0.387 e. The summed E-state index contributed by atoms with van der Waals surface area (Å²) in [4.78, 5) is 7.83. The molecule has 8 nitrogen and oxygen atoms in total. The van der Waals surface area contributed by atoms with Crippen LogP contribution in [-0.2, 0) is 10.0 Å². The van der Waals surface area contributed by atoms with E-state index in [9.17, 15) is 21.6 Å². The molecule has 0 fully saturated rings. The van der Waals surface area contributed by atoms with Crippen LogP contribution >= 0.6 is 0 Å². The van der Waals surface area contributed by atoms with Gasteiger partial charge in [0, 0.05) is 11.8 Å². The van der Waals surface area contributed by atoms with Crippen molar-refractivity contribution in [2.45, 2.75) is 6.61 Å². The van der Waals surface area contributed by atoms with E-state index in [1.54, 1.807) is 18.2 Å². The molecule has 0 saturated carbocycles. The number of sulfonamides is 1. The van der Waals surface area contributed by atoms with Crippen LogP contribution in [0.3, 0.4) is 0 Å². The van der Waals surface area contributed by atoms with Gasteiger partial charge >= 0.3 is 6.61 Å². The Morgan fingerprint density at radius 3 is 2.47 bits per heavy atom. The summed E-state index contributed by atoms with van der Waals surface area (Å²) in [7, 11) is -3.56. The number of nitrogens with zero attached hydrogens (tertiary/aromatic N) is 2. The fraction of sp³-hybridized carbons (Fsp3) is 0.111. The first kappa shape index (κ1) is 21.2. The second-order valence-electron chi connectivity index (χ2n) is 5.97. The number of anilines is 5. The zero-order valence-corrected chi connectivity index (χ0v) is 16.3. The van der Waals surface area contributed by atoms with E-state index in [4.69, 9.17) is 0 Å². The number of benzene rings is 2. The minimum Gasteiger partial charge on any atom is -0.435 e. The van der Waals surface area contributed by atoms with Gasteiger partial charge in [-0.2, -0.15) is 13.8 Å². The van der Waals surface area contributed by atoms with Gasteiger partial charge in [0.25, 0.3) is 0 Å². The standard InChI is InChI=1S/C18H16F3N5O3S/c1-30(27,28)26-15-8-3-2-7-14(15)24-16-13(19)10-22-18(25-16)23-11-5-4-6-12(9-11)29-17(20)21/h2-10,17,26H,1H3,(H2,22,23,24,25). The lowest BCUT2D eigenvalue weighted by Gasteiger charge is -2.13. The van der Waals surface area contributed by atoms with Gasteiger partial charge in [-0.3, -0.25) is 4.72 Å². The molecule has 3 N–H and O–H groups in total. The Balaban J connectivity index is 1.83. The van der Waals surface area contributed by atoms with Crippen LogP contribution in [0.1, 0.15) is 0 Å². The van der Waals surface area contributed by atoms with Crippen molar-refractivity contribution in [1.29, 1.82) is 0 Å². The molecule has 3 rings (SSSR count). The van der Waals surface area contributed by atoms with E-state index in [0.29, 0.717) is 5.69 Å². The largest absolute Gasteiger partial charge is 0.435 e. The monoisotopic (exact) mass is 439 g/mol. The Bertz CT molecular complexity index is 1150. The van der Waals surface area contributed by atoms with Gasteiger partial charge in [-0.05, 0) is 24.3 Å². The Labute approximate surface area is 170 Å². The zero-order valence-electron chi connectivity index (χ0n) is 15.4. The van der Waals surface area contributed by atoms with Crippen LogP contribution in [0.4, 0.5) is 42.0 Å². The first-order valence-electron chi connectivity index (χ1n) is 8.38. The molecular formula is C18H16F3N5O3S. The maximum Gasteiger partial charge on any atom is 0.387 e. The molecule has 0 radical (unpaired) electrons. The van der Waals surface area contributed by atoms with Crippen LogP contribution in [0, 0.1) is 5.82 Å². The lowest BCUT2D eigenvalue weighted by molar-refractivity contribution is -0.0498. The van der Waals surface area contributed by atoms with Gasteiger partial charge in [0.15, 0.2) is 11.6 Å². The van der Waals surface area contributed by atoms with Crippen molar-refractivity contribution in [3.63, 3.8) is 0 Å². The van der Waals surface area contributed by atoms with Gasteiger partial charge in [0.05, 0.1) is 23.8 Å². The third-order valence-corrected chi connectivity index (χ3v) is 4.13. The maximum atomic E-state index is 14.2. The molecule has 158 valence electrons. The van der Waals surface area contributed by atoms with Crippen molar-refractivity contribution in [3.05, 3.63) is 60.5 Å². The molecular weight excluding hydrogens is 423 g/mol. The molecule has 0 spiro atoms. The second-order valence-corrected chi connectivity index (χ2v) is 7.71. The predicted octanol–water partition coefficient (Wildman–Crippen LogP) is 4.08. The number of hydrogen-bond acceptors (Lipinski definition) is 7. The van der Waals surface area contributed by atoms with Gasteiger partial charge < -0.3 is 15.4 Å². The van der Waals surface area contributed by atoms with Crippen LogP contribution < -0.4 is 20.1 Å². The fourth-order valence-electron chi connectivity index (χ4n) is 2.40. The molecule has 2 aromatic carbocycles. The number of para-hydroxylation sites is 2. The molecule has 0 amide bonds. The topological polar surface area (TPSA) is 105 Å². The van der Waals surface area contributed by atoms with E-state index in [0.717, 1.165) is 12.5 Å². The highest BCUT2D eigenvalue weighted by Gasteiger charge is 2.12. The SMILES string of the molecule is CS(=O)(=O)Nc1ccccc1Nc1nc(Nc2cccc(OC(F)F)c2)ncc1F. The van der Waals surface area contributed by atoms with Gasteiger partial charge in [-0.15, -0.1) is 0 Å². The van der Waals surface area contributed by atoms with E-state index >= 15 is 0 Å². The van der Waals surface area contributed by atoms with Gasteiger partial charge in [-0.25, -0.2) is 17.8 Å². The number of rotatable bonds is 8. The molecule has 0 aliphatic rings. The minimum absolute atomic E-state index is 0.0262. The number of nitrogens with one attached hydrogen (secondary N) is 3. The molecule has 0 bridgehead atoms. The minimum atomic E-state index is -3.56. The molecule has 1 heterocycles. The van der Waals surface area contributed by atoms with Crippen molar-refractivity contribution in [1.82, 2.24) is 9.97 Å². The molecule has 0 saturated heterocycles. The van der Waals surface area contributed by atoms with Crippen molar-refractivity contribution in [2.24, 2.45) is 0 Å². The number of alkyl halides is 2. The van der Waals surface area contributed by atoms with Gasteiger partial charge in [-0.1, -0.05) is 18.2 Å². The van der Waals surface area contributed by atoms with E-state index in [1.165, 1.54) is 30.3 Å². The van der Waals surface area contributed by atoms with Crippen LogP contribution in [0.5, 0.6) is 5.75 Å². The first-order chi connectivity index (χ1) is 14.2. The van der Waals surface area contributed by atoms with Crippen LogP contribution in [0.2, 0.25) is 0 Å². The molecule has 0 unspecified atom stereocenters. The maximum absolute atomic E-state index is 14.2. The Morgan fingerprint density at radius 1 is 1.03 bits per heavy atom. The third-order valence-electron chi connectivity index (χ3n) is 3.53. The summed E-state index contributed by atoms with van der Waals surface area (Å²) >= 11 is 0. The van der Waals surface area contributed by atoms with Crippen LogP contribution in [0.15, 0.2) is 54.7 Å². The summed E-state index contributed by atoms with van der Waals surface area (Å²) in [5.74, 6) is -1.11. The lowest BCUT2D eigenvalue weighted by atomic mass is 10.2. The van der Waals surface area contributed by atoms with Crippen molar-refractivity contribution >= 4 is 38.9 Å². The Hall–Kier alpha value is -3.54. The highest BCUT2D eigenvalue weighted by molar-refractivity contribution is 7.92. The predicted molar refractivity (Wildman–Crippen MR) is 107 cm³/mol. The average molecular weight is 439 g/mol. The Morgan fingerprint density at radius 2 is 1.77 bits per heavy atom. The fourth-order valence-corrected chi connectivity index (χ4v) is 2.98. The summed E-state index contributed by atoms with van der Waals surface area (Å²) in [5, 5.41) is 5.47. The van der Waals surface area contributed by atoms with Crippen molar-refractivity contribution in [3.8, 4) is 5.75 Å². The first-order valence-corrected chi connectivity index (χ1v) is 10.3. The summed E-state index contributed by atoms with van der Waals surface area (Å²) < 4.78 is 68.6. The molecule has 0 aliphatic carbocycles. The molecule has 1 aromatic heterocycles. The quantitative estimate of drug-likeness (QED) is 0.486. The summed E-state index contributed by atoms with van der Waals surface area (Å²) in [6.07, 6.45) is 1.90. The molecule has 0 atom stereocenters. The van der Waals surface area contributed by atoms with Gasteiger partial charge in [0.1, 0.15) is 5.75 Å². The molecule has 12 heteroatoms. The van der Waals surface area contributed by atoms with Crippen molar-refractivity contribution < 1.29 is 26.3 Å². The third kappa shape index (κ3) is 5.98. The normalized spacial score (nSPS) is 11.2. The summed E-state index contributed by atoms with van der Waals surface area (Å²) in [5.41, 5.74) is 0.799. The van der Waals surface area contributed by atoms with Crippen molar-refractivity contribution in [2.75, 3.05) is 21.6 Å².